The van der Waals surface area contributed by atoms with Crippen LogP contribution in [0, 0.1) is 5.82 Å². The van der Waals surface area contributed by atoms with Crippen LogP contribution in [0.4, 0.5) is 29.1 Å². The Morgan fingerprint density at radius 1 is 0.868 bits per heavy atom. The molecule has 1 amide bonds. The molecule has 2 heterocycles. The van der Waals surface area contributed by atoms with Gasteiger partial charge in [-0.25, -0.2) is 4.39 Å². The Hall–Kier alpha value is -4.05. The summed E-state index contributed by atoms with van der Waals surface area (Å²) in [6, 6.07) is 20.6. The summed E-state index contributed by atoms with van der Waals surface area (Å²) in [5.74, 6) is -1.06. The van der Waals surface area contributed by atoms with Gasteiger partial charge in [-0.15, -0.1) is 5.10 Å². The Bertz CT molecular complexity index is 1440. The molecule has 1 aliphatic rings. The monoisotopic (exact) mass is 523 g/mol. The molecular weight excluding hydrogens is 498 g/mol. The van der Waals surface area contributed by atoms with Crippen molar-refractivity contribution in [3.63, 3.8) is 0 Å². The number of halogens is 4. The highest BCUT2D eigenvalue weighted by Crippen LogP contribution is 2.33. The van der Waals surface area contributed by atoms with Crippen molar-refractivity contribution in [2.45, 2.75) is 12.6 Å². The van der Waals surface area contributed by atoms with E-state index in [2.05, 4.69) is 32.5 Å². The molecule has 0 saturated carbocycles. The Morgan fingerprint density at radius 3 is 2.26 bits per heavy atom. The topological polar surface area (TPSA) is 61.4 Å². The largest absolute Gasteiger partial charge is 0.419 e. The van der Waals surface area contributed by atoms with Crippen LogP contribution >= 0.6 is 0 Å². The van der Waals surface area contributed by atoms with Gasteiger partial charge >= 0.3 is 6.18 Å². The van der Waals surface area contributed by atoms with E-state index in [1.807, 2.05) is 47.4 Å². The molecule has 6 nitrogen and oxygen atoms in total. The van der Waals surface area contributed by atoms with Crippen molar-refractivity contribution >= 4 is 28.2 Å². The number of fused-ring (bicyclic) bond motifs is 1. The number of anilines is 2. The first kappa shape index (κ1) is 25.6. The number of carbonyl (C=O) groups excluding carboxylic acids is 1. The molecule has 1 N–H and O–H groups in total. The molecule has 1 aromatic heterocycles. The first-order chi connectivity index (χ1) is 18.3. The van der Waals surface area contributed by atoms with E-state index in [1.165, 1.54) is 0 Å². The molecule has 10 heteroatoms. The quantitative estimate of drug-likeness (QED) is 0.355. The second-order valence-electron chi connectivity index (χ2n) is 9.18. The predicted octanol–water partition coefficient (Wildman–Crippen LogP) is 5.14. The number of hydrogen-bond acceptors (Lipinski definition) is 5. The summed E-state index contributed by atoms with van der Waals surface area (Å²) in [5, 5.41) is 13.6. The van der Waals surface area contributed by atoms with Crippen molar-refractivity contribution in [2.24, 2.45) is 0 Å². The summed E-state index contributed by atoms with van der Waals surface area (Å²) >= 11 is 0. The van der Waals surface area contributed by atoms with Crippen LogP contribution in [0.1, 0.15) is 16.8 Å². The maximum absolute atomic E-state index is 13.5. The first-order valence-corrected chi connectivity index (χ1v) is 12.2. The minimum atomic E-state index is -4.84. The van der Waals surface area contributed by atoms with Crippen LogP contribution in [-0.2, 0) is 17.4 Å². The molecule has 0 radical (unpaired) electrons. The number of nitrogens with zero attached hydrogens (tertiary/aromatic N) is 4. The van der Waals surface area contributed by atoms with Crippen molar-refractivity contribution < 1.29 is 22.4 Å². The number of piperazine rings is 1. The molecule has 3 aromatic carbocycles. The van der Waals surface area contributed by atoms with Gasteiger partial charge in [-0.1, -0.05) is 54.6 Å². The number of amides is 1. The van der Waals surface area contributed by atoms with Gasteiger partial charge < -0.3 is 10.2 Å². The lowest BCUT2D eigenvalue weighted by atomic mass is 10.0. The fourth-order valence-electron chi connectivity index (χ4n) is 4.64. The zero-order valence-electron chi connectivity index (χ0n) is 20.4. The molecule has 1 aliphatic heterocycles. The van der Waals surface area contributed by atoms with Crippen molar-refractivity contribution in [3.8, 4) is 0 Å². The zero-order valence-corrected chi connectivity index (χ0v) is 20.4. The van der Waals surface area contributed by atoms with Crippen molar-refractivity contribution in [1.82, 2.24) is 15.1 Å². The van der Waals surface area contributed by atoms with E-state index in [4.69, 9.17) is 0 Å². The average molecular weight is 524 g/mol. The van der Waals surface area contributed by atoms with Gasteiger partial charge in [0.25, 0.3) is 0 Å². The molecule has 38 heavy (non-hydrogen) atoms. The maximum Gasteiger partial charge on any atom is 0.419 e. The zero-order chi connectivity index (χ0) is 26.7. The predicted molar refractivity (Wildman–Crippen MR) is 137 cm³/mol. The minimum absolute atomic E-state index is 0.00894. The highest BCUT2D eigenvalue weighted by atomic mass is 19.4. The normalized spacial score (nSPS) is 14.6. The molecule has 5 rings (SSSR count). The second kappa shape index (κ2) is 10.7. The minimum Gasteiger partial charge on any atom is -0.352 e. The van der Waals surface area contributed by atoms with Gasteiger partial charge in [0, 0.05) is 49.1 Å². The van der Waals surface area contributed by atoms with Crippen LogP contribution < -0.4 is 10.2 Å². The Balaban J connectivity index is 1.22. The molecule has 0 aliphatic carbocycles. The van der Waals surface area contributed by atoms with Gasteiger partial charge in [-0.3, -0.25) is 9.69 Å². The van der Waals surface area contributed by atoms with Crippen molar-refractivity contribution in [2.75, 3.05) is 42.9 Å². The average Bonchev–Trinajstić information content (AvgIpc) is 2.90. The smallest absolute Gasteiger partial charge is 0.352 e. The molecule has 0 atom stereocenters. The van der Waals surface area contributed by atoms with E-state index >= 15 is 0 Å². The van der Waals surface area contributed by atoms with E-state index in [1.54, 1.807) is 0 Å². The van der Waals surface area contributed by atoms with Gasteiger partial charge in [0.05, 0.1) is 17.8 Å². The van der Waals surface area contributed by atoms with Gasteiger partial charge in [0.1, 0.15) is 5.82 Å². The lowest BCUT2D eigenvalue weighted by molar-refractivity contribution is -0.140. The first-order valence-electron chi connectivity index (χ1n) is 12.2. The van der Waals surface area contributed by atoms with Crippen molar-refractivity contribution in [3.05, 3.63) is 95.4 Å². The second-order valence-corrected chi connectivity index (χ2v) is 9.18. The number of rotatable bonds is 6. The summed E-state index contributed by atoms with van der Waals surface area (Å²) in [5.41, 5.74) is 0.550. The summed E-state index contributed by atoms with van der Waals surface area (Å²) in [6.45, 7) is 2.35. The summed E-state index contributed by atoms with van der Waals surface area (Å²) in [6.07, 6.45) is -4.16. The Morgan fingerprint density at radius 2 is 1.55 bits per heavy atom. The van der Waals surface area contributed by atoms with Crippen LogP contribution in [0.3, 0.4) is 0 Å². The van der Waals surface area contributed by atoms with Crippen LogP contribution in [0.25, 0.3) is 10.8 Å². The molecule has 0 bridgehead atoms. The van der Waals surface area contributed by atoms with E-state index in [0.717, 1.165) is 33.9 Å². The fourth-order valence-corrected chi connectivity index (χ4v) is 4.64. The highest BCUT2D eigenvalue weighted by Gasteiger charge is 2.34. The Labute approximate surface area is 216 Å². The summed E-state index contributed by atoms with van der Waals surface area (Å²) in [7, 11) is 0. The number of nitrogens with one attached hydrogen (secondary N) is 1. The molecule has 4 aromatic rings. The van der Waals surface area contributed by atoms with Crippen molar-refractivity contribution in [1.29, 1.82) is 0 Å². The SMILES string of the molecule is O=C(CN1CCN(c2nnc(Cc3ccccc3)c3ccccc23)CC1)Nc1ccc(F)c(C(F)(F)F)c1. The van der Waals surface area contributed by atoms with Crippen LogP contribution in [0.5, 0.6) is 0 Å². The maximum atomic E-state index is 13.5. The lowest BCUT2D eigenvalue weighted by Gasteiger charge is -2.35. The standard InChI is InChI=1S/C28H25F4N5O/c29-24-11-10-20(17-23(24)28(30,31)32)33-26(38)18-36-12-14-37(15-13-36)27-22-9-5-4-8-21(22)25(34-35-27)16-19-6-2-1-3-7-19/h1-11,17H,12-16,18H2,(H,33,38). The van der Waals surface area contributed by atoms with E-state index in [0.29, 0.717) is 44.7 Å². The third-order valence-electron chi connectivity index (χ3n) is 6.55. The fraction of sp³-hybridized carbons (Fsp3) is 0.250. The van der Waals surface area contributed by atoms with Gasteiger partial charge in [-0.2, -0.15) is 18.3 Å². The van der Waals surface area contributed by atoms with Gasteiger partial charge in [-0.05, 0) is 23.8 Å². The van der Waals surface area contributed by atoms with E-state index in [9.17, 15) is 22.4 Å². The number of alkyl halides is 3. The van der Waals surface area contributed by atoms with Crippen LogP contribution in [-0.4, -0.2) is 53.7 Å². The molecule has 0 unspecified atom stereocenters. The lowest BCUT2D eigenvalue weighted by Crippen LogP contribution is -2.49. The van der Waals surface area contributed by atoms with Crippen LogP contribution in [0.15, 0.2) is 72.8 Å². The number of hydrogen-bond donors (Lipinski definition) is 1. The third kappa shape index (κ3) is 5.75. The number of benzene rings is 3. The molecule has 1 fully saturated rings. The van der Waals surface area contributed by atoms with Gasteiger partial charge in [0.2, 0.25) is 5.91 Å². The van der Waals surface area contributed by atoms with E-state index in [-0.39, 0.29) is 12.2 Å². The van der Waals surface area contributed by atoms with Gasteiger partial charge in [0.15, 0.2) is 5.82 Å². The summed E-state index contributed by atoms with van der Waals surface area (Å²) < 4.78 is 52.4. The highest BCUT2D eigenvalue weighted by molar-refractivity contribution is 5.94. The van der Waals surface area contributed by atoms with Crippen LogP contribution in [0.2, 0.25) is 0 Å². The molecule has 1 saturated heterocycles. The Kier molecular flexibility index (Phi) is 7.24. The number of aromatic nitrogens is 2. The summed E-state index contributed by atoms with van der Waals surface area (Å²) in [4.78, 5) is 16.5. The molecular formula is C28H25F4N5O. The number of carbonyl (C=O) groups is 1. The molecule has 0 spiro atoms. The molecule has 196 valence electrons. The third-order valence-corrected chi connectivity index (χ3v) is 6.55. The van der Waals surface area contributed by atoms with E-state index < -0.39 is 23.5 Å².